The van der Waals surface area contributed by atoms with Crippen LogP contribution in [0.5, 0.6) is 0 Å². The highest BCUT2D eigenvalue weighted by atomic mass is 19.1. The molecule has 24 heavy (non-hydrogen) atoms. The number of ether oxygens (including phenoxy) is 1. The molecule has 3 rings (SSSR count). The molecule has 0 spiro atoms. The number of hydrogen-bond donors (Lipinski definition) is 3. The van der Waals surface area contributed by atoms with Gasteiger partial charge in [-0.3, -0.25) is 9.89 Å². The Morgan fingerprint density at radius 1 is 1.42 bits per heavy atom. The first-order valence-electron chi connectivity index (χ1n) is 7.97. The predicted molar refractivity (Wildman–Crippen MR) is 85.9 cm³/mol. The minimum Gasteiger partial charge on any atom is -0.389 e. The number of halogens is 1. The number of H-pyrrole nitrogens is 1. The lowest BCUT2D eigenvalue weighted by Crippen LogP contribution is -2.34. The Morgan fingerprint density at radius 3 is 2.88 bits per heavy atom. The number of benzene rings is 1. The van der Waals surface area contributed by atoms with E-state index in [9.17, 15) is 14.3 Å². The molecule has 128 valence electrons. The highest BCUT2D eigenvalue weighted by Crippen LogP contribution is 2.28. The first-order valence-corrected chi connectivity index (χ1v) is 7.97. The number of hydrogen-bond acceptors (Lipinski definition) is 4. The number of aromatic nitrogens is 2. The lowest BCUT2D eigenvalue weighted by molar-refractivity contribution is 0.0321. The molecule has 1 aromatic carbocycles. The molecule has 7 heteroatoms. The van der Waals surface area contributed by atoms with Crippen LogP contribution in [0.25, 0.3) is 11.3 Å². The summed E-state index contributed by atoms with van der Waals surface area (Å²) in [5.41, 5.74) is 1.51. The molecule has 1 aromatic heterocycles. The second kappa shape index (κ2) is 7.55. The Bertz CT molecular complexity index is 683. The van der Waals surface area contributed by atoms with Crippen LogP contribution in [-0.2, 0) is 4.74 Å². The van der Waals surface area contributed by atoms with Crippen molar-refractivity contribution in [1.82, 2.24) is 15.5 Å². The van der Waals surface area contributed by atoms with Crippen LogP contribution >= 0.6 is 0 Å². The number of aliphatic hydroxyl groups excluding tert-OH is 1. The van der Waals surface area contributed by atoms with E-state index in [2.05, 4.69) is 15.5 Å². The molecule has 0 bridgehead atoms. The zero-order valence-corrected chi connectivity index (χ0v) is 13.2. The minimum absolute atomic E-state index is 0.0948. The number of carbonyl (C=O) groups excluding carboxylic acids is 1. The van der Waals surface area contributed by atoms with Gasteiger partial charge < -0.3 is 15.2 Å². The summed E-state index contributed by atoms with van der Waals surface area (Å²) in [6, 6.07) is 5.78. The van der Waals surface area contributed by atoms with Crippen molar-refractivity contribution >= 4 is 5.91 Å². The molecular weight excluding hydrogens is 313 g/mol. The predicted octanol–water partition coefficient (Wildman–Crippen LogP) is 1.73. The second-order valence-electron chi connectivity index (χ2n) is 6.01. The normalized spacial score (nSPS) is 15.2. The van der Waals surface area contributed by atoms with E-state index in [0.29, 0.717) is 29.3 Å². The van der Waals surface area contributed by atoms with E-state index < -0.39 is 6.10 Å². The van der Waals surface area contributed by atoms with Crippen LogP contribution in [0, 0.1) is 11.7 Å². The van der Waals surface area contributed by atoms with Crippen molar-refractivity contribution in [2.75, 3.05) is 19.8 Å². The summed E-state index contributed by atoms with van der Waals surface area (Å²) >= 11 is 0. The van der Waals surface area contributed by atoms with E-state index >= 15 is 0 Å². The molecule has 1 aliphatic carbocycles. The van der Waals surface area contributed by atoms with Gasteiger partial charge >= 0.3 is 0 Å². The second-order valence-corrected chi connectivity index (χ2v) is 6.01. The van der Waals surface area contributed by atoms with Crippen LogP contribution in [0.15, 0.2) is 30.5 Å². The number of nitrogens with one attached hydrogen (secondary N) is 2. The largest absolute Gasteiger partial charge is 0.389 e. The number of carbonyl (C=O) groups is 1. The summed E-state index contributed by atoms with van der Waals surface area (Å²) < 4.78 is 18.4. The van der Waals surface area contributed by atoms with Crippen molar-refractivity contribution in [2.24, 2.45) is 5.92 Å². The van der Waals surface area contributed by atoms with Crippen LogP contribution < -0.4 is 5.32 Å². The summed E-state index contributed by atoms with van der Waals surface area (Å²) in [5, 5.41) is 19.1. The molecule has 1 atom stereocenters. The Kier molecular flexibility index (Phi) is 5.22. The van der Waals surface area contributed by atoms with E-state index in [1.54, 1.807) is 12.1 Å². The zero-order chi connectivity index (χ0) is 16.9. The molecule has 6 nitrogen and oxygen atoms in total. The molecule has 1 fully saturated rings. The van der Waals surface area contributed by atoms with E-state index in [4.69, 9.17) is 4.74 Å². The molecule has 1 amide bonds. The van der Waals surface area contributed by atoms with Gasteiger partial charge in [-0.25, -0.2) is 4.39 Å². The summed E-state index contributed by atoms with van der Waals surface area (Å²) in [7, 11) is 0. The van der Waals surface area contributed by atoms with Crippen molar-refractivity contribution in [1.29, 1.82) is 0 Å². The van der Waals surface area contributed by atoms with Gasteiger partial charge in [-0.05, 0) is 43.0 Å². The molecule has 1 heterocycles. The number of rotatable bonds is 8. The lowest BCUT2D eigenvalue weighted by atomic mass is 10.1. The Hall–Kier alpha value is -2.25. The van der Waals surface area contributed by atoms with Crippen molar-refractivity contribution < 1.29 is 19.0 Å². The lowest BCUT2D eigenvalue weighted by Gasteiger charge is -2.12. The highest BCUT2D eigenvalue weighted by Gasteiger charge is 2.22. The molecule has 0 saturated heterocycles. The summed E-state index contributed by atoms with van der Waals surface area (Å²) in [6.45, 7) is 0.964. The third-order valence-corrected chi connectivity index (χ3v) is 3.88. The molecule has 1 aliphatic rings. The van der Waals surface area contributed by atoms with Crippen molar-refractivity contribution in [3.05, 3.63) is 41.8 Å². The first kappa shape index (κ1) is 16.6. The van der Waals surface area contributed by atoms with E-state index in [-0.39, 0.29) is 24.9 Å². The third kappa shape index (κ3) is 4.39. The van der Waals surface area contributed by atoms with Gasteiger partial charge in [0.1, 0.15) is 5.82 Å². The molecule has 0 aliphatic heterocycles. The Labute approximate surface area is 139 Å². The zero-order valence-electron chi connectivity index (χ0n) is 13.2. The van der Waals surface area contributed by atoms with Crippen LogP contribution in [0.1, 0.15) is 23.2 Å². The summed E-state index contributed by atoms with van der Waals surface area (Å²) in [6.07, 6.45) is 3.04. The standard InChI is InChI=1S/C17H20FN3O3/c18-13-5-3-12(4-6-13)16-15(8-20-21-16)17(23)19-7-14(22)10-24-9-11-1-2-11/h3-6,8,11,14,22H,1-2,7,9-10H2,(H,19,23)(H,20,21). The SMILES string of the molecule is O=C(NCC(O)COCC1CC1)c1cn[nH]c1-c1ccc(F)cc1. The number of aromatic amines is 1. The Morgan fingerprint density at radius 2 is 2.17 bits per heavy atom. The maximum Gasteiger partial charge on any atom is 0.255 e. The van der Waals surface area contributed by atoms with E-state index in [1.807, 2.05) is 0 Å². The topological polar surface area (TPSA) is 87.2 Å². The maximum absolute atomic E-state index is 13.0. The fourth-order valence-corrected chi connectivity index (χ4v) is 2.31. The van der Waals surface area contributed by atoms with Gasteiger partial charge in [0.25, 0.3) is 5.91 Å². The van der Waals surface area contributed by atoms with Crippen LogP contribution in [0.4, 0.5) is 4.39 Å². The Balaban J connectivity index is 1.53. The number of aliphatic hydroxyl groups is 1. The quantitative estimate of drug-likeness (QED) is 0.687. The van der Waals surface area contributed by atoms with Gasteiger partial charge in [0, 0.05) is 18.7 Å². The molecule has 1 saturated carbocycles. The first-order chi connectivity index (χ1) is 11.6. The van der Waals surface area contributed by atoms with Crippen molar-refractivity contribution in [2.45, 2.75) is 18.9 Å². The molecule has 0 radical (unpaired) electrons. The van der Waals surface area contributed by atoms with Gasteiger partial charge in [0.2, 0.25) is 0 Å². The summed E-state index contributed by atoms with van der Waals surface area (Å²) in [5.74, 6) is -0.0705. The van der Waals surface area contributed by atoms with Crippen LogP contribution in [0.2, 0.25) is 0 Å². The van der Waals surface area contributed by atoms with Gasteiger partial charge in [0.15, 0.2) is 0 Å². The average Bonchev–Trinajstić information content (AvgIpc) is 3.27. The van der Waals surface area contributed by atoms with Crippen LogP contribution in [0.3, 0.4) is 0 Å². The fraction of sp³-hybridized carbons (Fsp3) is 0.412. The monoisotopic (exact) mass is 333 g/mol. The van der Waals surface area contributed by atoms with Crippen molar-refractivity contribution in [3.63, 3.8) is 0 Å². The smallest absolute Gasteiger partial charge is 0.255 e. The van der Waals surface area contributed by atoms with E-state index in [1.165, 1.54) is 31.2 Å². The highest BCUT2D eigenvalue weighted by molar-refractivity contribution is 5.99. The summed E-state index contributed by atoms with van der Waals surface area (Å²) in [4.78, 5) is 12.3. The minimum atomic E-state index is -0.756. The fourth-order valence-electron chi connectivity index (χ4n) is 2.31. The van der Waals surface area contributed by atoms with Crippen molar-refractivity contribution in [3.8, 4) is 11.3 Å². The third-order valence-electron chi connectivity index (χ3n) is 3.88. The number of amides is 1. The molecule has 3 N–H and O–H groups in total. The van der Waals surface area contributed by atoms with Gasteiger partial charge in [-0.15, -0.1) is 0 Å². The molecule has 2 aromatic rings. The van der Waals surface area contributed by atoms with Crippen LogP contribution in [-0.4, -0.2) is 47.1 Å². The van der Waals surface area contributed by atoms with Gasteiger partial charge in [0.05, 0.1) is 30.2 Å². The van der Waals surface area contributed by atoms with E-state index in [0.717, 1.165) is 0 Å². The maximum atomic E-state index is 13.0. The molecule has 1 unspecified atom stereocenters. The van der Waals surface area contributed by atoms with Gasteiger partial charge in [-0.2, -0.15) is 5.10 Å². The number of nitrogens with zero attached hydrogens (tertiary/aromatic N) is 1. The van der Waals surface area contributed by atoms with Gasteiger partial charge in [-0.1, -0.05) is 0 Å². The average molecular weight is 333 g/mol. The molecular formula is C17H20FN3O3.